The number of rotatable bonds is 8. The Bertz CT molecular complexity index is 5280. The van der Waals surface area contributed by atoms with Crippen molar-refractivity contribution in [2.75, 3.05) is 0 Å². The number of hydrogen-bond donors (Lipinski definition) is 0. The van der Waals surface area contributed by atoms with Crippen LogP contribution in [0.3, 0.4) is 0 Å². The van der Waals surface area contributed by atoms with E-state index in [4.69, 9.17) is 9.97 Å². The first-order chi connectivity index (χ1) is 41.2. The molecular weight excluding hydrogens is 1030 g/mol. The first-order valence-corrected chi connectivity index (χ1v) is 30.3. The van der Waals surface area contributed by atoms with E-state index in [1.807, 2.05) is 0 Å². The van der Waals surface area contributed by atoms with Gasteiger partial charge in [-0.3, -0.25) is 17.9 Å². The predicted octanol–water partition coefficient (Wildman–Crippen LogP) is 14.7. The van der Waals surface area contributed by atoms with Crippen molar-refractivity contribution in [1.82, 2.24) is 37.0 Å². The molecule has 0 atom stereocenters. The van der Waals surface area contributed by atoms with Gasteiger partial charge in [0.05, 0.1) is 55.2 Å². The second-order valence-electron chi connectivity index (χ2n) is 21.8. The van der Waals surface area contributed by atoms with Gasteiger partial charge in [-0.05, 0) is 130 Å². The molecule has 0 unspecified atom stereocenters. The summed E-state index contributed by atoms with van der Waals surface area (Å²) in [6, 6.07) is 107. The molecule has 18 aromatic rings. The number of para-hydroxylation sites is 8. The Labute approximate surface area is 476 Å². The fraction of sp³-hybridized carbons (Fsp3) is 0. The number of hydrogen-bond acceptors (Lipinski definition) is 2. The van der Waals surface area contributed by atoms with Crippen molar-refractivity contribution in [2.45, 2.75) is 0 Å². The maximum Gasteiger partial charge on any atom is 0.220 e. The Morgan fingerprint density at radius 1 is 0.229 bits per heavy atom. The van der Waals surface area contributed by atoms with Crippen molar-refractivity contribution in [3.8, 4) is 22.7 Å². The van der Waals surface area contributed by atoms with Crippen LogP contribution in [0.4, 0.5) is 0 Å². The standard InChI is InChI=1S/C74H48N8Si/c1-5-23-49(24-6-1)79-63-39-17-19-41-65(63)81-67-45-43-59-57-35-13-15-37-61(57)77(71(59)69(67)75-73(79)81)51-27-21-33-55(47-51)83(53-29-9-3-10-30-53,54-31-11-4-12-32-54)56-34-22-28-52(48-56)78-62-38-16-14-36-58(62)60-44-46-68-70(72(60)78)76-74-80(50-25-7-2-8-26-50)64-40-18-20-42-66(64)82(68)74/h1-48H. The highest BCUT2D eigenvalue weighted by Crippen LogP contribution is 2.41. The van der Waals surface area contributed by atoms with Crippen LogP contribution in [-0.2, 0) is 0 Å². The third-order valence-corrected chi connectivity index (χ3v) is 22.3. The number of nitrogens with zero attached hydrogens (tertiary/aromatic N) is 8. The minimum atomic E-state index is -3.22. The van der Waals surface area contributed by atoms with Gasteiger partial charge in [-0.25, -0.2) is 9.97 Å². The first kappa shape index (κ1) is 45.8. The second-order valence-corrected chi connectivity index (χ2v) is 25.6. The smallest absolute Gasteiger partial charge is 0.220 e. The average molecular weight is 1080 g/mol. The van der Waals surface area contributed by atoms with Crippen molar-refractivity contribution in [3.63, 3.8) is 0 Å². The largest absolute Gasteiger partial charge is 0.307 e. The molecule has 0 N–H and O–H groups in total. The van der Waals surface area contributed by atoms with Gasteiger partial charge in [0.1, 0.15) is 11.0 Å². The molecule has 0 amide bonds. The maximum atomic E-state index is 5.69. The van der Waals surface area contributed by atoms with Gasteiger partial charge in [0, 0.05) is 44.3 Å². The molecule has 6 aromatic heterocycles. The van der Waals surface area contributed by atoms with Gasteiger partial charge in [-0.15, -0.1) is 0 Å². The van der Waals surface area contributed by atoms with E-state index >= 15 is 0 Å². The number of imidazole rings is 4. The summed E-state index contributed by atoms with van der Waals surface area (Å²) in [5.41, 5.74) is 17.2. The summed E-state index contributed by atoms with van der Waals surface area (Å²) >= 11 is 0. The lowest BCUT2D eigenvalue weighted by atomic mass is 10.1. The summed E-state index contributed by atoms with van der Waals surface area (Å²) < 4.78 is 14.2. The molecular formula is C74H48N8Si. The van der Waals surface area contributed by atoms with E-state index in [-0.39, 0.29) is 0 Å². The monoisotopic (exact) mass is 1080 g/mol. The Kier molecular flexibility index (Phi) is 9.66. The van der Waals surface area contributed by atoms with Gasteiger partial charge in [0.15, 0.2) is 8.07 Å². The lowest BCUT2D eigenvalue weighted by Gasteiger charge is -2.35. The highest BCUT2D eigenvalue weighted by molar-refractivity contribution is 7.20. The van der Waals surface area contributed by atoms with E-state index in [0.29, 0.717) is 0 Å². The van der Waals surface area contributed by atoms with Crippen molar-refractivity contribution >= 4 is 128 Å². The van der Waals surface area contributed by atoms with Gasteiger partial charge in [-0.2, -0.15) is 0 Å². The fourth-order valence-electron chi connectivity index (χ4n) is 14.2. The van der Waals surface area contributed by atoms with Crippen molar-refractivity contribution in [3.05, 3.63) is 291 Å². The average Bonchev–Trinajstić information content (AvgIpc) is 3.58. The Morgan fingerprint density at radius 3 is 0.988 bits per heavy atom. The van der Waals surface area contributed by atoms with Gasteiger partial charge in [0.25, 0.3) is 0 Å². The van der Waals surface area contributed by atoms with Crippen molar-refractivity contribution < 1.29 is 0 Å². The van der Waals surface area contributed by atoms with Gasteiger partial charge in [0.2, 0.25) is 11.6 Å². The quantitative estimate of drug-likeness (QED) is 0.112. The molecule has 0 aliphatic rings. The number of benzene rings is 12. The van der Waals surface area contributed by atoms with Crippen LogP contribution in [0, 0.1) is 0 Å². The molecule has 0 saturated heterocycles. The molecule has 0 spiro atoms. The minimum Gasteiger partial charge on any atom is -0.307 e. The van der Waals surface area contributed by atoms with E-state index in [2.05, 4.69) is 318 Å². The SMILES string of the molecule is c1ccc(-n2c3ccccc3n3c4ccc5c6ccccc6n(-c6cccc([Si](c7ccccc7)(c7ccccc7)c7cccc(-n8c9ccccc9c9ccc%10c(nc%11n(-c%12ccccc%12)c%12ccccc%12n%10%11)c98)c7)c6)c5c4nc23)cc1. The van der Waals surface area contributed by atoms with Crippen molar-refractivity contribution in [1.29, 1.82) is 0 Å². The van der Waals surface area contributed by atoms with Crippen LogP contribution in [0.2, 0.25) is 0 Å². The summed E-state index contributed by atoms with van der Waals surface area (Å²) in [5.74, 6) is 1.76. The minimum absolute atomic E-state index is 0.880. The third kappa shape index (κ3) is 6.33. The molecule has 0 aliphatic heterocycles. The van der Waals surface area contributed by atoms with Crippen LogP contribution in [0.1, 0.15) is 0 Å². The molecule has 0 bridgehead atoms. The molecule has 6 heterocycles. The van der Waals surface area contributed by atoms with Crippen LogP contribution in [0.25, 0.3) is 122 Å². The Morgan fingerprint density at radius 2 is 0.566 bits per heavy atom. The maximum absolute atomic E-state index is 5.69. The molecule has 18 rings (SSSR count). The summed E-state index contributed by atoms with van der Waals surface area (Å²) in [7, 11) is -3.22. The highest BCUT2D eigenvalue weighted by atomic mass is 28.3. The summed E-state index contributed by atoms with van der Waals surface area (Å²) in [4.78, 5) is 11.4. The lowest BCUT2D eigenvalue weighted by molar-refractivity contribution is 1.11. The molecule has 8 nitrogen and oxygen atoms in total. The van der Waals surface area contributed by atoms with E-state index < -0.39 is 8.07 Å². The van der Waals surface area contributed by atoms with Gasteiger partial charge < -0.3 is 9.13 Å². The van der Waals surface area contributed by atoms with E-state index in [9.17, 15) is 0 Å². The second kappa shape index (κ2) is 17.5. The van der Waals surface area contributed by atoms with Crippen LogP contribution in [-0.4, -0.2) is 45.1 Å². The van der Waals surface area contributed by atoms with Crippen LogP contribution >= 0.6 is 0 Å². The van der Waals surface area contributed by atoms with Crippen LogP contribution < -0.4 is 20.7 Å². The molecule has 0 radical (unpaired) electrons. The normalized spacial score (nSPS) is 12.3. The van der Waals surface area contributed by atoms with Crippen LogP contribution in [0.15, 0.2) is 291 Å². The Balaban J connectivity index is 0.902. The molecule has 83 heavy (non-hydrogen) atoms. The van der Waals surface area contributed by atoms with E-state index in [0.717, 1.165) is 111 Å². The predicted molar refractivity (Wildman–Crippen MR) is 345 cm³/mol. The molecule has 0 fully saturated rings. The zero-order chi connectivity index (χ0) is 54.3. The zero-order valence-corrected chi connectivity index (χ0v) is 45.8. The van der Waals surface area contributed by atoms with Gasteiger partial charge >= 0.3 is 0 Å². The van der Waals surface area contributed by atoms with Crippen LogP contribution in [0.5, 0.6) is 0 Å². The number of aromatic nitrogens is 8. The fourth-order valence-corrected chi connectivity index (χ4v) is 19.0. The first-order valence-electron chi connectivity index (χ1n) is 28.3. The zero-order valence-electron chi connectivity index (χ0n) is 44.8. The molecule has 0 saturated carbocycles. The summed E-state index contributed by atoms with van der Waals surface area (Å²) in [6.45, 7) is 0. The van der Waals surface area contributed by atoms with E-state index in [1.165, 1.54) is 31.5 Å². The van der Waals surface area contributed by atoms with Gasteiger partial charge in [-0.1, -0.05) is 182 Å². The highest BCUT2D eigenvalue weighted by Gasteiger charge is 2.42. The lowest BCUT2D eigenvalue weighted by Crippen LogP contribution is -2.74. The Hall–Kier alpha value is -11.0. The molecule has 12 aromatic carbocycles. The molecule has 0 aliphatic carbocycles. The summed E-state index contributed by atoms with van der Waals surface area (Å²) in [6.07, 6.45) is 0. The topological polar surface area (TPSA) is 54.3 Å². The molecule has 388 valence electrons. The van der Waals surface area contributed by atoms with Crippen molar-refractivity contribution in [2.24, 2.45) is 0 Å². The third-order valence-electron chi connectivity index (χ3n) is 17.5. The van der Waals surface area contributed by atoms with E-state index in [1.54, 1.807) is 0 Å². The summed E-state index contributed by atoms with van der Waals surface area (Å²) in [5, 5.41) is 9.84. The number of fused-ring (bicyclic) bond motifs is 18. The molecule has 9 heteroatoms.